The molecule has 3 atom stereocenters. The second kappa shape index (κ2) is 39.1. The Morgan fingerprint density at radius 1 is 0.545 bits per heavy atom. The topological polar surface area (TPSA) is 172 Å². The third-order valence-corrected chi connectivity index (χ3v) is 10.7. The monoisotopic (exact) mass is 804 g/mol. The minimum Gasteiger partial charge on any atom is -0.480 e. The molecule has 0 aromatic rings. The van der Waals surface area contributed by atoms with Gasteiger partial charge in [0.25, 0.3) is 0 Å². The van der Waals surface area contributed by atoms with E-state index in [4.69, 9.17) is 24.8 Å². The zero-order chi connectivity index (χ0) is 40.7. The van der Waals surface area contributed by atoms with Crippen LogP contribution in [0, 0.1) is 0 Å². The lowest BCUT2D eigenvalue weighted by atomic mass is 10.0. The summed E-state index contributed by atoms with van der Waals surface area (Å²) in [5.41, 5.74) is 5.33. The summed E-state index contributed by atoms with van der Waals surface area (Å²) in [5, 5.41) is 8.88. The van der Waals surface area contributed by atoms with Gasteiger partial charge in [-0.15, -0.1) is 0 Å². The fourth-order valence-electron chi connectivity index (χ4n) is 6.24. The minimum absolute atomic E-state index is 0.166. The summed E-state index contributed by atoms with van der Waals surface area (Å²) in [7, 11) is -4.71. The zero-order valence-corrected chi connectivity index (χ0v) is 35.9. The standard InChI is InChI=1S/C43H82NO10P/c1-3-5-7-9-11-13-15-17-18-19-20-21-23-24-26-28-30-32-34-41(45)51-36-39(37-52-55(49,50)53-38-40(44)43(47)48)54-42(46)35-33-31-29-27-25-22-16-14-12-10-8-6-4-2/h15,17,39-40H,3-14,16,18-38,44H2,1-2H3,(H,47,48)(H,49,50)/b17-15-/t39-,40+/m1/s1. The molecule has 0 saturated heterocycles. The number of phosphoric ester groups is 1. The Balaban J connectivity index is 4.30. The van der Waals surface area contributed by atoms with Crippen LogP contribution in [0.15, 0.2) is 12.2 Å². The summed E-state index contributed by atoms with van der Waals surface area (Å²) in [4.78, 5) is 45.9. The third kappa shape index (κ3) is 38.9. The Morgan fingerprint density at radius 2 is 0.909 bits per heavy atom. The first-order valence-corrected chi connectivity index (χ1v) is 23.7. The molecule has 0 rings (SSSR count). The number of rotatable bonds is 42. The second-order valence-electron chi connectivity index (χ2n) is 15.2. The van der Waals surface area contributed by atoms with Crippen molar-refractivity contribution in [1.82, 2.24) is 0 Å². The predicted octanol–water partition coefficient (Wildman–Crippen LogP) is 11.7. The fourth-order valence-corrected chi connectivity index (χ4v) is 7.02. The normalized spacial score (nSPS) is 13.8. The van der Waals surface area contributed by atoms with Gasteiger partial charge in [0.15, 0.2) is 6.10 Å². The van der Waals surface area contributed by atoms with Crippen molar-refractivity contribution < 1.29 is 47.5 Å². The molecule has 0 heterocycles. The summed E-state index contributed by atoms with van der Waals surface area (Å²) < 4.78 is 32.7. The molecule has 0 aliphatic carbocycles. The Hall–Kier alpha value is -1.78. The first-order chi connectivity index (χ1) is 26.6. The van der Waals surface area contributed by atoms with Crippen molar-refractivity contribution in [3.05, 3.63) is 12.2 Å². The molecule has 0 aromatic carbocycles. The molecular formula is C43H82NO10P. The fraction of sp³-hybridized carbons (Fsp3) is 0.884. The Bertz CT molecular complexity index is 995. The highest BCUT2D eigenvalue weighted by atomic mass is 31.2. The summed E-state index contributed by atoms with van der Waals surface area (Å²) in [6, 6.07) is -1.52. The highest BCUT2D eigenvalue weighted by Gasteiger charge is 2.28. The van der Waals surface area contributed by atoms with Crippen molar-refractivity contribution >= 4 is 25.7 Å². The molecule has 55 heavy (non-hydrogen) atoms. The van der Waals surface area contributed by atoms with E-state index in [1.165, 1.54) is 135 Å². The Morgan fingerprint density at radius 3 is 1.33 bits per heavy atom. The molecule has 0 radical (unpaired) electrons. The molecule has 0 bridgehead atoms. The van der Waals surface area contributed by atoms with Gasteiger partial charge >= 0.3 is 25.7 Å². The molecule has 0 aliphatic heterocycles. The number of carboxylic acid groups (broad SMARTS) is 1. The van der Waals surface area contributed by atoms with Gasteiger partial charge < -0.3 is 25.2 Å². The molecule has 11 nitrogen and oxygen atoms in total. The van der Waals surface area contributed by atoms with Crippen LogP contribution in [0.5, 0.6) is 0 Å². The van der Waals surface area contributed by atoms with E-state index in [0.29, 0.717) is 12.8 Å². The van der Waals surface area contributed by atoms with Crippen LogP contribution in [0.2, 0.25) is 0 Å². The van der Waals surface area contributed by atoms with Gasteiger partial charge in [-0.1, -0.05) is 174 Å². The first kappa shape index (κ1) is 53.2. The molecule has 0 spiro atoms. The van der Waals surface area contributed by atoms with Gasteiger partial charge in [0.05, 0.1) is 13.2 Å². The molecule has 0 aromatic heterocycles. The number of unbranched alkanes of at least 4 members (excludes halogenated alkanes) is 26. The Kier molecular flexibility index (Phi) is 37.8. The highest BCUT2D eigenvalue weighted by Crippen LogP contribution is 2.43. The molecule has 0 fully saturated rings. The van der Waals surface area contributed by atoms with Gasteiger partial charge in [-0.2, -0.15) is 0 Å². The number of hydrogen-bond acceptors (Lipinski definition) is 9. The number of carboxylic acids is 1. The molecule has 0 saturated carbocycles. The Labute approximate surface area is 335 Å². The van der Waals surface area contributed by atoms with Crippen molar-refractivity contribution in [2.75, 3.05) is 19.8 Å². The number of hydrogen-bond donors (Lipinski definition) is 3. The van der Waals surface area contributed by atoms with E-state index in [1.54, 1.807) is 0 Å². The lowest BCUT2D eigenvalue weighted by Crippen LogP contribution is -2.34. The molecule has 0 aliphatic rings. The van der Waals surface area contributed by atoms with Crippen molar-refractivity contribution in [2.24, 2.45) is 5.73 Å². The third-order valence-electron chi connectivity index (χ3n) is 9.76. The van der Waals surface area contributed by atoms with Gasteiger partial charge in [-0.3, -0.25) is 23.4 Å². The van der Waals surface area contributed by atoms with Crippen molar-refractivity contribution in [3.8, 4) is 0 Å². The van der Waals surface area contributed by atoms with Gasteiger partial charge in [0.1, 0.15) is 12.6 Å². The molecule has 324 valence electrons. The minimum atomic E-state index is -4.71. The van der Waals surface area contributed by atoms with E-state index in [2.05, 4.69) is 30.5 Å². The highest BCUT2D eigenvalue weighted by molar-refractivity contribution is 7.47. The molecular weight excluding hydrogens is 721 g/mol. The van der Waals surface area contributed by atoms with Crippen molar-refractivity contribution in [3.63, 3.8) is 0 Å². The molecule has 1 unspecified atom stereocenters. The van der Waals surface area contributed by atoms with Crippen molar-refractivity contribution in [2.45, 2.75) is 225 Å². The summed E-state index contributed by atoms with van der Waals surface area (Å²) >= 11 is 0. The number of ether oxygens (including phenoxy) is 2. The van der Waals surface area contributed by atoms with E-state index < -0.39 is 51.1 Å². The van der Waals surface area contributed by atoms with Crippen LogP contribution in [0.3, 0.4) is 0 Å². The number of esters is 2. The maximum atomic E-state index is 12.6. The maximum Gasteiger partial charge on any atom is 0.472 e. The number of nitrogens with two attached hydrogens (primary N) is 1. The van der Waals surface area contributed by atoms with Gasteiger partial charge in [0.2, 0.25) is 0 Å². The van der Waals surface area contributed by atoms with Crippen molar-refractivity contribution in [1.29, 1.82) is 0 Å². The second-order valence-corrected chi connectivity index (χ2v) is 16.6. The van der Waals surface area contributed by atoms with Crippen LogP contribution < -0.4 is 5.73 Å². The maximum absolute atomic E-state index is 12.6. The van der Waals surface area contributed by atoms with E-state index in [1.807, 2.05) is 0 Å². The number of aliphatic carboxylic acids is 1. The predicted molar refractivity (Wildman–Crippen MR) is 222 cm³/mol. The lowest BCUT2D eigenvalue weighted by Gasteiger charge is -2.20. The number of carbonyl (C=O) groups is 3. The van der Waals surface area contributed by atoms with E-state index >= 15 is 0 Å². The van der Waals surface area contributed by atoms with E-state index in [9.17, 15) is 23.8 Å². The summed E-state index contributed by atoms with van der Waals surface area (Å²) in [6.07, 6.45) is 38.4. The quantitative estimate of drug-likeness (QED) is 0.0232. The van der Waals surface area contributed by atoms with Crippen LogP contribution in [0.25, 0.3) is 0 Å². The van der Waals surface area contributed by atoms with Gasteiger partial charge in [-0.05, 0) is 38.5 Å². The zero-order valence-electron chi connectivity index (χ0n) is 35.0. The van der Waals surface area contributed by atoms with Gasteiger partial charge in [0, 0.05) is 12.8 Å². The van der Waals surface area contributed by atoms with Crippen LogP contribution in [0.4, 0.5) is 0 Å². The average Bonchev–Trinajstić information content (AvgIpc) is 3.16. The van der Waals surface area contributed by atoms with Crippen LogP contribution in [0.1, 0.15) is 213 Å². The molecule has 4 N–H and O–H groups in total. The average molecular weight is 804 g/mol. The lowest BCUT2D eigenvalue weighted by molar-refractivity contribution is -0.161. The number of carbonyl (C=O) groups excluding carboxylic acids is 2. The number of allylic oxidation sites excluding steroid dienone is 2. The first-order valence-electron chi connectivity index (χ1n) is 22.2. The van der Waals surface area contributed by atoms with E-state index in [-0.39, 0.29) is 19.4 Å². The molecule has 0 amide bonds. The van der Waals surface area contributed by atoms with Crippen LogP contribution in [-0.4, -0.2) is 59.9 Å². The van der Waals surface area contributed by atoms with Crippen LogP contribution >= 0.6 is 7.82 Å². The molecule has 12 heteroatoms. The van der Waals surface area contributed by atoms with E-state index in [0.717, 1.165) is 38.5 Å². The van der Waals surface area contributed by atoms with Crippen LogP contribution in [-0.2, 0) is 37.5 Å². The number of phosphoric acid groups is 1. The largest absolute Gasteiger partial charge is 0.480 e. The summed E-state index contributed by atoms with van der Waals surface area (Å²) in [5.74, 6) is -2.37. The van der Waals surface area contributed by atoms with Gasteiger partial charge in [-0.25, -0.2) is 4.57 Å². The smallest absolute Gasteiger partial charge is 0.472 e. The SMILES string of the molecule is CCCCCCC/C=C\CCCCCCCCCCCC(=O)OC[C@H](COP(=O)(O)OC[C@H](N)C(=O)O)OC(=O)CCCCCCCCCCCCCCC. The summed E-state index contributed by atoms with van der Waals surface area (Å²) in [6.45, 7) is 2.81.